The molecule has 2 bridgehead atoms. The van der Waals surface area contributed by atoms with E-state index in [1.54, 1.807) is 11.3 Å². The van der Waals surface area contributed by atoms with Crippen LogP contribution in [0.2, 0.25) is 0 Å². The van der Waals surface area contributed by atoms with Gasteiger partial charge in [-0.25, -0.2) is 4.98 Å². The monoisotopic (exact) mass is 237 g/mol. The molecule has 0 spiro atoms. The van der Waals surface area contributed by atoms with Crippen LogP contribution in [-0.2, 0) is 0 Å². The highest BCUT2D eigenvalue weighted by Gasteiger charge is 2.41. The van der Waals surface area contributed by atoms with Gasteiger partial charge in [0.1, 0.15) is 0 Å². The third-order valence-corrected chi connectivity index (χ3v) is 4.67. The molecule has 1 aromatic rings. The molecular weight excluding hydrogens is 218 g/mol. The number of nitrogens with zero attached hydrogens (tertiary/aromatic N) is 3. The molecule has 3 rings (SSSR count). The summed E-state index contributed by atoms with van der Waals surface area (Å²) in [6, 6.07) is 2.08. The van der Waals surface area contributed by atoms with Crippen LogP contribution in [0.3, 0.4) is 0 Å². The fourth-order valence-corrected chi connectivity index (χ4v) is 3.80. The van der Waals surface area contributed by atoms with Gasteiger partial charge in [-0.05, 0) is 26.7 Å². The molecule has 0 N–H and O–H groups in total. The fraction of sp³-hybridized carbons (Fsp3) is 0.750. The number of rotatable bonds is 2. The van der Waals surface area contributed by atoms with Gasteiger partial charge in [-0.3, -0.25) is 4.90 Å². The first-order valence-corrected chi connectivity index (χ1v) is 7.05. The second kappa shape index (κ2) is 4.00. The Morgan fingerprint density at radius 1 is 1.31 bits per heavy atom. The number of fused-ring (bicyclic) bond motifs is 2. The number of thiazole rings is 1. The van der Waals surface area contributed by atoms with Gasteiger partial charge in [-0.1, -0.05) is 0 Å². The summed E-state index contributed by atoms with van der Waals surface area (Å²) in [7, 11) is 0. The fourth-order valence-electron chi connectivity index (χ4n) is 3.01. The summed E-state index contributed by atoms with van der Waals surface area (Å²) in [5.74, 6) is 0. The lowest BCUT2D eigenvalue weighted by Gasteiger charge is -2.42. The van der Waals surface area contributed by atoms with E-state index in [2.05, 4.69) is 34.0 Å². The van der Waals surface area contributed by atoms with Crippen LogP contribution in [0, 0.1) is 0 Å². The number of likely N-dealkylation sites (tertiary alicyclic amines) is 1. The molecule has 16 heavy (non-hydrogen) atoms. The zero-order chi connectivity index (χ0) is 11.1. The summed E-state index contributed by atoms with van der Waals surface area (Å²) < 4.78 is 0. The first-order chi connectivity index (χ1) is 7.75. The standard InChI is InChI=1S/C12H19N3S/c1-9(2)14-7-10-3-4-11(8-14)15(10)12-13-5-6-16-12/h5-6,9-11H,3-4,7-8H2,1-2H3. The zero-order valence-corrected chi connectivity index (χ0v) is 10.8. The molecule has 3 nitrogen and oxygen atoms in total. The summed E-state index contributed by atoms with van der Waals surface area (Å²) >= 11 is 1.78. The molecule has 2 saturated heterocycles. The van der Waals surface area contributed by atoms with Crippen molar-refractivity contribution in [2.45, 2.75) is 44.8 Å². The minimum Gasteiger partial charge on any atom is -0.340 e. The van der Waals surface area contributed by atoms with Crippen molar-refractivity contribution in [3.05, 3.63) is 11.6 Å². The molecule has 3 heterocycles. The number of aromatic nitrogens is 1. The minimum absolute atomic E-state index is 0.682. The van der Waals surface area contributed by atoms with E-state index in [4.69, 9.17) is 0 Å². The molecule has 0 radical (unpaired) electrons. The highest BCUT2D eigenvalue weighted by molar-refractivity contribution is 7.13. The van der Waals surface area contributed by atoms with Gasteiger partial charge in [0.2, 0.25) is 0 Å². The molecule has 2 atom stereocenters. The van der Waals surface area contributed by atoms with Gasteiger partial charge in [-0.2, -0.15) is 0 Å². The highest BCUT2D eigenvalue weighted by atomic mass is 32.1. The van der Waals surface area contributed by atoms with Gasteiger partial charge in [0.05, 0.1) is 0 Å². The molecule has 88 valence electrons. The zero-order valence-electron chi connectivity index (χ0n) is 9.97. The topological polar surface area (TPSA) is 19.4 Å². The summed E-state index contributed by atoms with van der Waals surface area (Å²) in [5, 5.41) is 3.32. The maximum Gasteiger partial charge on any atom is 0.185 e. The van der Waals surface area contributed by atoms with Crippen LogP contribution in [0.4, 0.5) is 5.13 Å². The Morgan fingerprint density at radius 3 is 2.50 bits per heavy atom. The van der Waals surface area contributed by atoms with Crippen molar-refractivity contribution < 1.29 is 0 Å². The van der Waals surface area contributed by atoms with Crippen LogP contribution in [0.5, 0.6) is 0 Å². The molecule has 1 aromatic heterocycles. The van der Waals surface area contributed by atoms with Crippen LogP contribution in [0.25, 0.3) is 0 Å². The van der Waals surface area contributed by atoms with Crippen LogP contribution in [0.1, 0.15) is 26.7 Å². The largest absolute Gasteiger partial charge is 0.340 e. The van der Waals surface area contributed by atoms with E-state index < -0.39 is 0 Å². The third kappa shape index (κ3) is 1.64. The average Bonchev–Trinajstić information content (AvgIpc) is 2.83. The summed E-state index contributed by atoms with van der Waals surface area (Å²) in [5.41, 5.74) is 0. The van der Waals surface area contributed by atoms with Crippen molar-refractivity contribution in [1.82, 2.24) is 9.88 Å². The van der Waals surface area contributed by atoms with Crippen LogP contribution >= 0.6 is 11.3 Å². The predicted octanol–water partition coefficient (Wildman–Crippen LogP) is 2.20. The quantitative estimate of drug-likeness (QED) is 0.786. The average molecular weight is 237 g/mol. The molecule has 2 unspecified atom stereocenters. The molecule has 0 saturated carbocycles. The Hall–Kier alpha value is -0.610. The lowest BCUT2D eigenvalue weighted by Crippen LogP contribution is -2.55. The SMILES string of the molecule is CC(C)N1CC2CCC(C1)N2c1nccs1. The summed E-state index contributed by atoms with van der Waals surface area (Å²) in [4.78, 5) is 9.67. The van der Waals surface area contributed by atoms with Gasteiger partial charge < -0.3 is 4.90 Å². The van der Waals surface area contributed by atoms with Crippen molar-refractivity contribution in [2.24, 2.45) is 0 Å². The molecule has 0 aromatic carbocycles. The lowest BCUT2D eigenvalue weighted by molar-refractivity contribution is 0.177. The first-order valence-electron chi connectivity index (χ1n) is 6.17. The number of anilines is 1. The summed E-state index contributed by atoms with van der Waals surface area (Å²) in [6.45, 7) is 7.04. The van der Waals surface area contributed by atoms with E-state index in [0.717, 1.165) is 0 Å². The highest BCUT2D eigenvalue weighted by Crippen LogP contribution is 2.36. The Morgan fingerprint density at radius 2 is 2.00 bits per heavy atom. The Labute approximate surface area is 101 Å². The van der Waals surface area contributed by atoms with Crippen molar-refractivity contribution >= 4 is 16.5 Å². The Balaban J connectivity index is 1.81. The maximum atomic E-state index is 4.48. The van der Waals surface area contributed by atoms with Crippen LogP contribution in [-0.4, -0.2) is 41.1 Å². The molecule has 2 aliphatic heterocycles. The van der Waals surface area contributed by atoms with E-state index in [1.165, 1.54) is 31.1 Å². The van der Waals surface area contributed by atoms with Crippen molar-refractivity contribution in [3.63, 3.8) is 0 Å². The lowest BCUT2D eigenvalue weighted by atomic mass is 10.1. The number of hydrogen-bond donors (Lipinski definition) is 0. The summed E-state index contributed by atoms with van der Waals surface area (Å²) in [6.07, 6.45) is 4.61. The second-order valence-electron chi connectivity index (χ2n) is 5.15. The predicted molar refractivity (Wildman–Crippen MR) is 68.1 cm³/mol. The number of hydrogen-bond acceptors (Lipinski definition) is 4. The molecule has 0 amide bonds. The third-order valence-electron chi connectivity index (χ3n) is 3.88. The van der Waals surface area contributed by atoms with Gasteiger partial charge >= 0.3 is 0 Å². The minimum atomic E-state index is 0.682. The van der Waals surface area contributed by atoms with E-state index in [1.807, 2.05) is 6.20 Å². The molecule has 0 aliphatic carbocycles. The molecule has 4 heteroatoms. The Kier molecular flexibility index (Phi) is 2.64. The van der Waals surface area contributed by atoms with Crippen LogP contribution < -0.4 is 4.90 Å². The van der Waals surface area contributed by atoms with Gasteiger partial charge in [0, 0.05) is 42.8 Å². The van der Waals surface area contributed by atoms with E-state index in [-0.39, 0.29) is 0 Å². The molecule has 2 fully saturated rings. The van der Waals surface area contributed by atoms with E-state index in [9.17, 15) is 0 Å². The van der Waals surface area contributed by atoms with Gasteiger partial charge in [-0.15, -0.1) is 11.3 Å². The maximum absolute atomic E-state index is 4.48. The second-order valence-corrected chi connectivity index (χ2v) is 6.03. The van der Waals surface area contributed by atoms with Crippen LogP contribution in [0.15, 0.2) is 11.6 Å². The van der Waals surface area contributed by atoms with Crippen molar-refractivity contribution in [3.8, 4) is 0 Å². The molecular formula is C12H19N3S. The first kappa shape index (κ1) is 10.5. The molecule has 2 aliphatic rings. The van der Waals surface area contributed by atoms with E-state index in [0.29, 0.717) is 18.1 Å². The number of piperazine rings is 1. The van der Waals surface area contributed by atoms with Gasteiger partial charge in [0.15, 0.2) is 5.13 Å². The van der Waals surface area contributed by atoms with Gasteiger partial charge in [0.25, 0.3) is 0 Å². The van der Waals surface area contributed by atoms with E-state index >= 15 is 0 Å². The normalized spacial score (nSPS) is 30.3. The van der Waals surface area contributed by atoms with Crippen molar-refractivity contribution in [2.75, 3.05) is 18.0 Å². The van der Waals surface area contributed by atoms with Crippen molar-refractivity contribution in [1.29, 1.82) is 0 Å². The smallest absolute Gasteiger partial charge is 0.185 e. The Bertz CT molecular complexity index is 335.